The highest BCUT2D eigenvalue weighted by molar-refractivity contribution is 6.29. The van der Waals surface area contributed by atoms with Crippen molar-refractivity contribution in [1.82, 2.24) is 14.9 Å². The third-order valence-electron chi connectivity index (χ3n) is 4.10. The van der Waals surface area contributed by atoms with Crippen molar-refractivity contribution in [3.63, 3.8) is 0 Å². The molecule has 0 radical (unpaired) electrons. The predicted octanol–water partition coefficient (Wildman–Crippen LogP) is 2.99. The van der Waals surface area contributed by atoms with Crippen molar-refractivity contribution in [2.45, 2.75) is 39.7 Å². The van der Waals surface area contributed by atoms with Gasteiger partial charge in [-0.15, -0.1) is 0 Å². The summed E-state index contributed by atoms with van der Waals surface area (Å²) in [6, 6.07) is 2.24. The van der Waals surface area contributed by atoms with Gasteiger partial charge >= 0.3 is 0 Å². The molecule has 2 unspecified atom stereocenters. The Labute approximate surface area is 138 Å². The van der Waals surface area contributed by atoms with Crippen molar-refractivity contribution in [3.8, 4) is 0 Å². The Morgan fingerprint density at radius 2 is 2.27 bits per heavy atom. The van der Waals surface area contributed by atoms with Gasteiger partial charge in [0.15, 0.2) is 0 Å². The van der Waals surface area contributed by atoms with Crippen LogP contribution in [0.5, 0.6) is 0 Å². The summed E-state index contributed by atoms with van der Waals surface area (Å²) in [6.45, 7) is 11.2. The van der Waals surface area contributed by atoms with Crippen LogP contribution < -0.4 is 5.32 Å². The highest BCUT2D eigenvalue weighted by atomic mass is 35.5. The van der Waals surface area contributed by atoms with E-state index in [0.29, 0.717) is 22.9 Å². The molecule has 1 saturated heterocycles. The highest BCUT2D eigenvalue weighted by Crippen LogP contribution is 2.21. The largest absolute Gasteiger partial charge is 0.382 e. The predicted molar refractivity (Wildman–Crippen MR) is 90.5 cm³/mol. The van der Waals surface area contributed by atoms with Crippen molar-refractivity contribution in [2.24, 2.45) is 5.92 Å². The molecule has 2 heterocycles. The normalized spacial score (nSPS) is 22.7. The molecular weight excluding hydrogens is 300 g/mol. The third kappa shape index (κ3) is 5.38. The molecule has 0 bridgehead atoms. The Morgan fingerprint density at radius 1 is 1.45 bits per heavy atom. The van der Waals surface area contributed by atoms with Gasteiger partial charge in [-0.25, -0.2) is 9.97 Å². The summed E-state index contributed by atoms with van der Waals surface area (Å²) in [5.74, 6) is 2.12. The number of aryl methyl sites for hydroxylation is 1. The van der Waals surface area contributed by atoms with Crippen LogP contribution in [0.4, 0.5) is 5.82 Å². The lowest BCUT2D eigenvalue weighted by atomic mass is 9.93. The monoisotopic (exact) mass is 326 g/mol. The number of hydrogen-bond donors (Lipinski definition) is 1. The van der Waals surface area contributed by atoms with E-state index >= 15 is 0 Å². The molecule has 1 aliphatic rings. The van der Waals surface area contributed by atoms with E-state index in [1.807, 2.05) is 13.8 Å². The molecule has 124 valence electrons. The third-order valence-corrected chi connectivity index (χ3v) is 4.29. The molecule has 0 amide bonds. The minimum Gasteiger partial charge on any atom is -0.382 e. The maximum Gasteiger partial charge on any atom is 0.134 e. The van der Waals surface area contributed by atoms with Crippen LogP contribution in [0.1, 0.15) is 32.5 Å². The van der Waals surface area contributed by atoms with Gasteiger partial charge in [0.1, 0.15) is 16.8 Å². The van der Waals surface area contributed by atoms with Crippen LogP contribution in [0.15, 0.2) is 6.07 Å². The molecule has 2 atom stereocenters. The Hall–Kier alpha value is -0.910. The number of halogens is 1. The lowest BCUT2D eigenvalue weighted by molar-refractivity contribution is 0.117. The van der Waals surface area contributed by atoms with Crippen LogP contribution in [0.3, 0.4) is 0 Å². The van der Waals surface area contributed by atoms with Crippen LogP contribution in [0.25, 0.3) is 0 Å². The van der Waals surface area contributed by atoms with Gasteiger partial charge in [0, 0.05) is 45.0 Å². The van der Waals surface area contributed by atoms with Crippen LogP contribution >= 0.6 is 11.6 Å². The van der Waals surface area contributed by atoms with Crippen LogP contribution in [0, 0.1) is 12.8 Å². The van der Waals surface area contributed by atoms with E-state index in [0.717, 1.165) is 51.5 Å². The Bertz CT molecular complexity index is 451. The Morgan fingerprint density at radius 3 is 2.95 bits per heavy atom. The van der Waals surface area contributed by atoms with Crippen molar-refractivity contribution >= 4 is 17.4 Å². The smallest absolute Gasteiger partial charge is 0.134 e. The lowest BCUT2D eigenvalue weighted by Crippen LogP contribution is -2.45. The summed E-state index contributed by atoms with van der Waals surface area (Å²) in [5.41, 5.74) is 0. The molecule has 22 heavy (non-hydrogen) atoms. The molecule has 2 rings (SSSR count). The topological polar surface area (TPSA) is 50.3 Å². The first kappa shape index (κ1) is 17.4. The van der Waals surface area contributed by atoms with Crippen LogP contribution in [-0.4, -0.2) is 53.8 Å². The Kier molecular flexibility index (Phi) is 6.86. The van der Waals surface area contributed by atoms with Gasteiger partial charge in [0.25, 0.3) is 0 Å². The van der Waals surface area contributed by atoms with Gasteiger partial charge in [-0.1, -0.05) is 18.5 Å². The van der Waals surface area contributed by atoms with Gasteiger partial charge in [0.2, 0.25) is 0 Å². The zero-order valence-corrected chi connectivity index (χ0v) is 14.6. The minimum atomic E-state index is 0.438. The summed E-state index contributed by atoms with van der Waals surface area (Å²) in [5, 5.41) is 4.02. The molecule has 0 aromatic carbocycles. The number of anilines is 1. The summed E-state index contributed by atoms with van der Waals surface area (Å²) in [6.07, 6.45) is 2.23. The number of hydrogen-bond acceptors (Lipinski definition) is 5. The lowest BCUT2D eigenvalue weighted by Gasteiger charge is -2.37. The number of nitrogens with zero attached hydrogens (tertiary/aromatic N) is 3. The second-order valence-corrected chi connectivity index (χ2v) is 6.38. The minimum absolute atomic E-state index is 0.438. The average Bonchev–Trinajstić information content (AvgIpc) is 2.45. The second-order valence-electron chi connectivity index (χ2n) is 5.99. The van der Waals surface area contributed by atoms with Crippen molar-refractivity contribution < 1.29 is 4.74 Å². The number of nitrogens with one attached hydrogen (secondary N) is 1. The van der Waals surface area contributed by atoms with Gasteiger partial charge in [-0.2, -0.15) is 0 Å². The number of ether oxygens (including phenoxy) is 1. The molecule has 1 N–H and O–H groups in total. The van der Waals surface area contributed by atoms with Gasteiger partial charge in [0.05, 0.1) is 0 Å². The van der Waals surface area contributed by atoms with Crippen LogP contribution in [0.2, 0.25) is 5.15 Å². The zero-order chi connectivity index (χ0) is 15.9. The quantitative estimate of drug-likeness (QED) is 0.616. The SMILES string of the molecule is CCOCCCN1CCC(Nc2cc(Cl)nc(C)n2)C(C)C1. The highest BCUT2D eigenvalue weighted by Gasteiger charge is 2.26. The van der Waals surface area contributed by atoms with Crippen LogP contribution in [-0.2, 0) is 4.74 Å². The standard InChI is InChI=1S/C16H27ClN4O/c1-4-22-9-5-7-21-8-6-14(12(2)11-21)20-16-10-15(17)18-13(3)19-16/h10,12,14H,4-9,11H2,1-3H3,(H,18,19,20). The molecule has 1 aromatic heterocycles. The number of aromatic nitrogens is 2. The van der Waals surface area contributed by atoms with Gasteiger partial charge < -0.3 is 15.0 Å². The molecule has 0 aliphatic carbocycles. The first-order valence-electron chi connectivity index (χ1n) is 8.16. The van der Waals surface area contributed by atoms with Gasteiger partial charge in [-0.3, -0.25) is 0 Å². The number of likely N-dealkylation sites (tertiary alicyclic amines) is 1. The molecule has 6 heteroatoms. The summed E-state index contributed by atoms with van der Waals surface area (Å²) in [7, 11) is 0. The molecule has 0 saturated carbocycles. The summed E-state index contributed by atoms with van der Waals surface area (Å²) in [4.78, 5) is 11.0. The first-order chi connectivity index (χ1) is 10.6. The average molecular weight is 327 g/mol. The molecule has 1 fully saturated rings. The molecule has 5 nitrogen and oxygen atoms in total. The summed E-state index contributed by atoms with van der Waals surface area (Å²) < 4.78 is 5.41. The fourth-order valence-electron chi connectivity index (χ4n) is 2.98. The fourth-order valence-corrected chi connectivity index (χ4v) is 3.20. The summed E-state index contributed by atoms with van der Waals surface area (Å²) >= 11 is 6.00. The van der Waals surface area contributed by atoms with E-state index in [1.54, 1.807) is 6.07 Å². The van der Waals surface area contributed by atoms with E-state index in [1.165, 1.54) is 0 Å². The maximum atomic E-state index is 6.00. The number of piperidine rings is 1. The maximum absolute atomic E-state index is 6.00. The van der Waals surface area contributed by atoms with E-state index in [9.17, 15) is 0 Å². The fraction of sp³-hybridized carbons (Fsp3) is 0.750. The molecular formula is C16H27ClN4O. The van der Waals surface area contributed by atoms with Gasteiger partial charge in [-0.05, 0) is 32.6 Å². The van der Waals surface area contributed by atoms with E-state index in [4.69, 9.17) is 16.3 Å². The molecule has 1 aliphatic heterocycles. The van der Waals surface area contributed by atoms with Crippen molar-refractivity contribution in [2.75, 3.05) is 38.2 Å². The van der Waals surface area contributed by atoms with Crippen molar-refractivity contribution in [3.05, 3.63) is 17.0 Å². The van der Waals surface area contributed by atoms with E-state index in [-0.39, 0.29) is 0 Å². The Balaban J connectivity index is 1.80. The number of rotatable bonds is 7. The molecule has 1 aromatic rings. The van der Waals surface area contributed by atoms with E-state index < -0.39 is 0 Å². The molecule has 0 spiro atoms. The van der Waals surface area contributed by atoms with E-state index in [2.05, 4.69) is 27.1 Å². The van der Waals surface area contributed by atoms with Crippen molar-refractivity contribution in [1.29, 1.82) is 0 Å². The zero-order valence-electron chi connectivity index (χ0n) is 13.8. The second kappa shape index (κ2) is 8.65. The first-order valence-corrected chi connectivity index (χ1v) is 8.54.